The van der Waals surface area contributed by atoms with Crippen LogP contribution in [0.3, 0.4) is 0 Å². The fourth-order valence-electron chi connectivity index (χ4n) is 2.18. The Morgan fingerprint density at radius 3 is 2.55 bits per heavy atom. The molecule has 0 aliphatic rings. The van der Waals surface area contributed by atoms with Gasteiger partial charge in [0.25, 0.3) is 0 Å². The number of carboxylic acid groups (broad SMARTS) is 1. The minimum Gasteiger partial charge on any atom is -0.478 e. The first-order chi connectivity index (χ1) is 10.6. The monoisotopic (exact) mass is 299 g/mol. The third kappa shape index (κ3) is 5.31. The van der Waals surface area contributed by atoms with Gasteiger partial charge in [0, 0.05) is 13.1 Å². The van der Waals surface area contributed by atoms with Crippen molar-refractivity contribution in [3.05, 3.63) is 71.3 Å². The zero-order chi connectivity index (χ0) is 15.8. The van der Waals surface area contributed by atoms with E-state index in [1.54, 1.807) is 18.2 Å². The average molecular weight is 299 g/mol. The highest BCUT2D eigenvalue weighted by molar-refractivity contribution is 5.87. The van der Waals surface area contributed by atoms with Crippen molar-refractivity contribution in [3.8, 4) is 0 Å². The zero-order valence-electron chi connectivity index (χ0n) is 12.7. The highest BCUT2D eigenvalue weighted by Crippen LogP contribution is 2.08. The Labute approximate surface area is 131 Å². The van der Waals surface area contributed by atoms with E-state index in [9.17, 15) is 4.79 Å². The molecule has 0 heterocycles. The molecule has 4 nitrogen and oxygen atoms in total. The summed E-state index contributed by atoms with van der Waals surface area (Å²) in [7, 11) is 2.00. The van der Waals surface area contributed by atoms with Crippen LogP contribution in [0.25, 0.3) is 0 Å². The van der Waals surface area contributed by atoms with Gasteiger partial charge >= 0.3 is 5.97 Å². The van der Waals surface area contributed by atoms with E-state index in [0.29, 0.717) is 25.3 Å². The SMILES string of the molecule is CN(CCOCc1ccccc1)Cc1cccc(C(=O)O)c1. The molecule has 0 spiro atoms. The summed E-state index contributed by atoms with van der Waals surface area (Å²) in [5, 5.41) is 8.99. The Kier molecular flexibility index (Phi) is 6.13. The van der Waals surface area contributed by atoms with E-state index >= 15 is 0 Å². The number of aromatic carboxylic acids is 1. The average Bonchev–Trinajstić information content (AvgIpc) is 2.53. The van der Waals surface area contributed by atoms with Crippen molar-refractivity contribution >= 4 is 5.97 Å². The third-order valence-corrected chi connectivity index (χ3v) is 3.36. The molecule has 2 rings (SSSR count). The van der Waals surface area contributed by atoms with Crippen LogP contribution in [0.15, 0.2) is 54.6 Å². The first-order valence-corrected chi connectivity index (χ1v) is 7.27. The molecule has 0 fully saturated rings. The van der Waals surface area contributed by atoms with Crippen LogP contribution in [0.1, 0.15) is 21.5 Å². The molecule has 0 unspecified atom stereocenters. The number of rotatable bonds is 8. The standard InChI is InChI=1S/C18H21NO3/c1-19(10-11-22-14-15-6-3-2-4-7-15)13-16-8-5-9-17(12-16)18(20)21/h2-9,12H,10-11,13-14H2,1H3,(H,20,21). The third-order valence-electron chi connectivity index (χ3n) is 3.36. The largest absolute Gasteiger partial charge is 0.478 e. The van der Waals surface area contributed by atoms with Gasteiger partial charge in [-0.3, -0.25) is 4.90 Å². The Morgan fingerprint density at radius 2 is 1.82 bits per heavy atom. The summed E-state index contributed by atoms with van der Waals surface area (Å²) in [6.07, 6.45) is 0. The summed E-state index contributed by atoms with van der Waals surface area (Å²) in [6, 6.07) is 17.1. The van der Waals surface area contributed by atoms with Crippen LogP contribution in [0.2, 0.25) is 0 Å². The van der Waals surface area contributed by atoms with Gasteiger partial charge in [0.05, 0.1) is 18.8 Å². The Bertz CT molecular complexity index is 598. The molecule has 0 radical (unpaired) electrons. The minimum atomic E-state index is -0.893. The second-order valence-corrected chi connectivity index (χ2v) is 5.28. The number of carbonyl (C=O) groups is 1. The predicted octanol–water partition coefficient (Wildman–Crippen LogP) is 3.03. The summed E-state index contributed by atoms with van der Waals surface area (Å²) < 4.78 is 5.65. The van der Waals surface area contributed by atoms with Gasteiger partial charge in [-0.15, -0.1) is 0 Å². The van der Waals surface area contributed by atoms with Crippen LogP contribution in [-0.2, 0) is 17.9 Å². The van der Waals surface area contributed by atoms with Crippen molar-refractivity contribution in [2.45, 2.75) is 13.2 Å². The molecule has 0 atom stereocenters. The quantitative estimate of drug-likeness (QED) is 0.761. The van der Waals surface area contributed by atoms with Gasteiger partial charge in [0.2, 0.25) is 0 Å². The molecule has 2 aromatic rings. The molecule has 0 amide bonds. The number of likely N-dealkylation sites (N-methyl/N-ethyl adjacent to an activating group) is 1. The second-order valence-electron chi connectivity index (χ2n) is 5.28. The second kappa shape index (κ2) is 8.32. The Morgan fingerprint density at radius 1 is 1.09 bits per heavy atom. The fraction of sp³-hybridized carbons (Fsp3) is 0.278. The number of nitrogens with zero attached hydrogens (tertiary/aromatic N) is 1. The molecule has 0 aliphatic carbocycles. The Hall–Kier alpha value is -2.17. The van der Waals surface area contributed by atoms with Crippen LogP contribution < -0.4 is 0 Å². The van der Waals surface area contributed by atoms with E-state index in [0.717, 1.165) is 12.1 Å². The molecule has 2 aromatic carbocycles. The molecule has 0 saturated heterocycles. The van der Waals surface area contributed by atoms with Gasteiger partial charge in [-0.05, 0) is 30.3 Å². The van der Waals surface area contributed by atoms with Gasteiger partial charge in [-0.2, -0.15) is 0 Å². The molecule has 0 bridgehead atoms. The summed E-state index contributed by atoms with van der Waals surface area (Å²) in [5.41, 5.74) is 2.48. The van der Waals surface area contributed by atoms with Crippen LogP contribution in [-0.4, -0.2) is 36.2 Å². The van der Waals surface area contributed by atoms with E-state index in [1.807, 2.05) is 43.4 Å². The maximum Gasteiger partial charge on any atom is 0.335 e. The van der Waals surface area contributed by atoms with Crippen molar-refractivity contribution in [1.82, 2.24) is 4.90 Å². The highest BCUT2D eigenvalue weighted by Gasteiger charge is 2.05. The van der Waals surface area contributed by atoms with E-state index in [1.165, 1.54) is 5.56 Å². The van der Waals surface area contributed by atoms with Crippen molar-refractivity contribution < 1.29 is 14.6 Å². The van der Waals surface area contributed by atoms with E-state index in [2.05, 4.69) is 4.90 Å². The van der Waals surface area contributed by atoms with Crippen molar-refractivity contribution in [2.75, 3.05) is 20.2 Å². The van der Waals surface area contributed by atoms with Gasteiger partial charge in [0.1, 0.15) is 0 Å². The number of hydrogen-bond acceptors (Lipinski definition) is 3. The maximum absolute atomic E-state index is 11.0. The molecule has 4 heteroatoms. The summed E-state index contributed by atoms with van der Waals surface area (Å²) in [6.45, 7) is 2.76. The molecule has 1 N–H and O–H groups in total. The molecule has 22 heavy (non-hydrogen) atoms. The molecule has 0 aromatic heterocycles. The van der Waals surface area contributed by atoms with Gasteiger partial charge in [0.15, 0.2) is 0 Å². The molecule has 0 saturated carbocycles. The topological polar surface area (TPSA) is 49.8 Å². The summed E-state index contributed by atoms with van der Waals surface area (Å²) in [4.78, 5) is 13.1. The Balaban J connectivity index is 1.72. The van der Waals surface area contributed by atoms with Crippen molar-refractivity contribution in [2.24, 2.45) is 0 Å². The molecular formula is C18H21NO3. The first kappa shape index (κ1) is 16.2. The fourth-order valence-corrected chi connectivity index (χ4v) is 2.18. The number of hydrogen-bond donors (Lipinski definition) is 1. The van der Waals surface area contributed by atoms with Crippen LogP contribution in [0.5, 0.6) is 0 Å². The van der Waals surface area contributed by atoms with Crippen molar-refractivity contribution in [3.63, 3.8) is 0 Å². The maximum atomic E-state index is 11.0. The smallest absolute Gasteiger partial charge is 0.335 e. The van der Waals surface area contributed by atoms with E-state index in [-0.39, 0.29) is 0 Å². The number of carboxylic acids is 1. The summed E-state index contributed by atoms with van der Waals surface area (Å²) >= 11 is 0. The molecular weight excluding hydrogens is 278 g/mol. The van der Waals surface area contributed by atoms with Crippen LogP contribution in [0.4, 0.5) is 0 Å². The molecule has 0 aliphatic heterocycles. The highest BCUT2D eigenvalue weighted by atomic mass is 16.5. The van der Waals surface area contributed by atoms with Crippen LogP contribution >= 0.6 is 0 Å². The summed E-state index contributed by atoms with van der Waals surface area (Å²) in [5.74, 6) is -0.893. The van der Waals surface area contributed by atoms with Gasteiger partial charge < -0.3 is 9.84 Å². The van der Waals surface area contributed by atoms with Crippen LogP contribution in [0, 0.1) is 0 Å². The predicted molar refractivity (Wildman–Crippen MR) is 85.8 cm³/mol. The van der Waals surface area contributed by atoms with E-state index in [4.69, 9.17) is 9.84 Å². The lowest BCUT2D eigenvalue weighted by Gasteiger charge is -2.17. The lowest BCUT2D eigenvalue weighted by atomic mass is 10.1. The number of ether oxygens (including phenoxy) is 1. The molecule has 116 valence electrons. The van der Waals surface area contributed by atoms with Gasteiger partial charge in [-0.1, -0.05) is 42.5 Å². The normalized spacial score (nSPS) is 10.8. The zero-order valence-corrected chi connectivity index (χ0v) is 12.7. The minimum absolute atomic E-state index is 0.325. The lowest BCUT2D eigenvalue weighted by Crippen LogP contribution is -2.22. The number of benzene rings is 2. The van der Waals surface area contributed by atoms with Gasteiger partial charge in [-0.25, -0.2) is 4.79 Å². The lowest BCUT2D eigenvalue weighted by molar-refractivity contribution is 0.0696. The first-order valence-electron chi connectivity index (χ1n) is 7.27. The van der Waals surface area contributed by atoms with Crippen molar-refractivity contribution in [1.29, 1.82) is 0 Å². The van der Waals surface area contributed by atoms with E-state index < -0.39 is 5.97 Å².